The Morgan fingerprint density at radius 3 is 2.47 bits per heavy atom. The number of carbonyl (C=O) groups excluding carboxylic acids is 1. The van der Waals surface area contributed by atoms with Gasteiger partial charge in [0, 0.05) is 13.0 Å². The number of carboxylic acid groups (broad SMARTS) is 1. The number of aliphatic carboxylic acids is 1. The van der Waals surface area contributed by atoms with Crippen molar-refractivity contribution in [3.63, 3.8) is 0 Å². The minimum absolute atomic E-state index is 0.139. The summed E-state index contributed by atoms with van der Waals surface area (Å²) in [4.78, 5) is 20.8. The summed E-state index contributed by atoms with van der Waals surface area (Å²) < 4.78 is 9.72. The number of ether oxygens (including phenoxy) is 2. The van der Waals surface area contributed by atoms with Crippen LogP contribution in [-0.4, -0.2) is 23.8 Å². The molecule has 1 aromatic carbocycles. The van der Waals surface area contributed by atoms with Crippen LogP contribution in [0.1, 0.15) is 12.5 Å². The Morgan fingerprint density at radius 2 is 1.94 bits per heavy atom. The lowest BCUT2D eigenvalue weighted by Gasteiger charge is -2.05. The first-order valence-electron chi connectivity index (χ1n) is 4.85. The summed E-state index contributed by atoms with van der Waals surface area (Å²) in [5.41, 5.74) is 0.743. The van der Waals surface area contributed by atoms with Gasteiger partial charge in [-0.05, 0) is 23.8 Å². The van der Waals surface area contributed by atoms with Crippen molar-refractivity contribution in [3.8, 4) is 5.75 Å². The van der Waals surface area contributed by atoms with Gasteiger partial charge in [-0.2, -0.15) is 0 Å². The van der Waals surface area contributed by atoms with Crippen molar-refractivity contribution < 1.29 is 24.2 Å². The van der Waals surface area contributed by atoms with Crippen LogP contribution in [0.2, 0.25) is 0 Å². The number of hydrogen-bond acceptors (Lipinski definition) is 4. The summed E-state index contributed by atoms with van der Waals surface area (Å²) >= 11 is 0. The van der Waals surface area contributed by atoms with Crippen LogP contribution in [0, 0.1) is 0 Å². The van der Waals surface area contributed by atoms with Crippen LogP contribution >= 0.6 is 0 Å². The summed E-state index contributed by atoms with van der Waals surface area (Å²) in [5.74, 6) is -0.870. The largest absolute Gasteiger partial charge is 0.478 e. The molecule has 0 aliphatic carbocycles. The molecule has 0 bridgehead atoms. The minimum atomic E-state index is -1.000. The molecule has 0 atom stereocenters. The van der Waals surface area contributed by atoms with Crippen molar-refractivity contribution in [2.45, 2.75) is 6.92 Å². The van der Waals surface area contributed by atoms with Gasteiger partial charge in [0.1, 0.15) is 5.75 Å². The lowest BCUT2D eigenvalue weighted by molar-refractivity contribution is -0.147. The molecule has 5 heteroatoms. The van der Waals surface area contributed by atoms with Crippen molar-refractivity contribution in [3.05, 3.63) is 35.9 Å². The number of benzene rings is 1. The fourth-order valence-electron chi connectivity index (χ4n) is 1.02. The van der Waals surface area contributed by atoms with Gasteiger partial charge in [0.15, 0.2) is 0 Å². The molecule has 0 saturated heterocycles. The van der Waals surface area contributed by atoms with Gasteiger partial charge in [-0.25, -0.2) is 4.79 Å². The van der Waals surface area contributed by atoms with Crippen LogP contribution in [0.5, 0.6) is 5.75 Å². The molecule has 17 heavy (non-hydrogen) atoms. The zero-order chi connectivity index (χ0) is 12.7. The van der Waals surface area contributed by atoms with Crippen molar-refractivity contribution in [2.75, 3.05) is 6.79 Å². The van der Waals surface area contributed by atoms with E-state index in [1.807, 2.05) is 0 Å². The van der Waals surface area contributed by atoms with E-state index < -0.39 is 11.9 Å². The molecule has 0 unspecified atom stereocenters. The first-order valence-corrected chi connectivity index (χ1v) is 4.85. The van der Waals surface area contributed by atoms with Crippen LogP contribution in [0.3, 0.4) is 0 Å². The van der Waals surface area contributed by atoms with E-state index in [4.69, 9.17) is 9.84 Å². The highest BCUT2D eigenvalue weighted by Crippen LogP contribution is 2.13. The van der Waals surface area contributed by atoms with E-state index in [0.29, 0.717) is 5.75 Å². The maximum atomic E-state index is 10.5. The van der Waals surface area contributed by atoms with Gasteiger partial charge in [0.25, 0.3) is 0 Å². The van der Waals surface area contributed by atoms with Crippen molar-refractivity contribution >= 4 is 18.0 Å². The third-order valence-corrected chi connectivity index (χ3v) is 1.79. The Hall–Kier alpha value is -2.30. The molecule has 0 saturated carbocycles. The minimum Gasteiger partial charge on any atom is -0.478 e. The van der Waals surface area contributed by atoms with Gasteiger partial charge in [0.2, 0.25) is 6.79 Å². The molecule has 5 nitrogen and oxygen atoms in total. The standard InChI is InChI=1S/C12H12O5/c1-9(13)16-8-17-11-5-2-10(3-6-11)4-7-12(14)15/h2-7H,8H2,1H3,(H,14,15)/b7-4+. The van der Waals surface area contributed by atoms with E-state index in [0.717, 1.165) is 11.6 Å². The average molecular weight is 236 g/mol. The molecule has 0 fully saturated rings. The van der Waals surface area contributed by atoms with E-state index in [2.05, 4.69) is 4.74 Å². The van der Waals surface area contributed by atoms with Crippen LogP contribution < -0.4 is 4.74 Å². The Morgan fingerprint density at radius 1 is 1.29 bits per heavy atom. The highest BCUT2D eigenvalue weighted by atomic mass is 16.7. The molecular weight excluding hydrogens is 224 g/mol. The average Bonchev–Trinajstić information content (AvgIpc) is 2.27. The normalized spacial score (nSPS) is 10.2. The van der Waals surface area contributed by atoms with Crippen LogP contribution in [0.25, 0.3) is 6.08 Å². The van der Waals surface area contributed by atoms with Crippen molar-refractivity contribution in [1.29, 1.82) is 0 Å². The van der Waals surface area contributed by atoms with Gasteiger partial charge < -0.3 is 14.6 Å². The first-order chi connectivity index (χ1) is 8.08. The topological polar surface area (TPSA) is 72.8 Å². The fourth-order valence-corrected chi connectivity index (χ4v) is 1.02. The summed E-state index contributed by atoms with van der Waals surface area (Å²) in [6, 6.07) is 6.71. The Balaban J connectivity index is 2.50. The molecule has 1 N–H and O–H groups in total. The molecule has 0 amide bonds. The molecule has 0 heterocycles. The number of esters is 1. The van der Waals surface area contributed by atoms with Crippen LogP contribution in [0.15, 0.2) is 30.3 Å². The van der Waals surface area contributed by atoms with E-state index in [-0.39, 0.29) is 6.79 Å². The van der Waals surface area contributed by atoms with Crippen molar-refractivity contribution in [1.82, 2.24) is 0 Å². The molecule has 0 aliphatic heterocycles. The van der Waals surface area contributed by atoms with Gasteiger partial charge in [-0.1, -0.05) is 12.1 Å². The number of hydrogen-bond donors (Lipinski definition) is 1. The molecule has 0 radical (unpaired) electrons. The van der Waals surface area contributed by atoms with E-state index in [1.54, 1.807) is 24.3 Å². The molecule has 0 spiro atoms. The molecular formula is C12H12O5. The zero-order valence-electron chi connectivity index (χ0n) is 9.25. The summed E-state index contributed by atoms with van der Waals surface area (Å²) in [6.07, 6.45) is 2.52. The number of rotatable bonds is 5. The molecule has 1 aromatic rings. The van der Waals surface area contributed by atoms with Gasteiger partial charge in [-0.3, -0.25) is 4.79 Å². The predicted molar refractivity (Wildman–Crippen MR) is 60.4 cm³/mol. The highest BCUT2D eigenvalue weighted by molar-refractivity contribution is 5.85. The summed E-state index contributed by atoms with van der Waals surface area (Å²) in [5, 5.41) is 8.44. The second-order valence-corrected chi connectivity index (χ2v) is 3.14. The van der Waals surface area contributed by atoms with E-state index >= 15 is 0 Å². The molecule has 1 rings (SSSR count). The Bertz CT molecular complexity index is 419. The highest BCUT2D eigenvalue weighted by Gasteiger charge is 1.96. The Kier molecular flexibility index (Phi) is 4.75. The number of carbonyl (C=O) groups is 2. The lowest BCUT2D eigenvalue weighted by Crippen LogP contribution is -2.06. The van der Waals surface area contributed by atoms with E-state index in [9.17, 15) is 9.59 Å². The maximum Gasteiger partial charge on any atom is 0.328 e. The van der Waals surface area contributed by atoms with Crippen LogP contribution in [0.4, 0.5) is 0 Å². The van der Waals surface area contributed by atoms with Gasteiger partial charge in [-0.15, -0.1) is 0 Å². The molecule has 0 aliphatic rings. The third-order valence-electron chi connectivity index (χ3n) is 1.79. The maximum absolute atomic E-state index is 10.5. The van der Waals surface area contributed by atoms with Crippen LogP contribution in [-0.2, 0) is 14.3 Å². The van der Waals surface area contributed by atoms with Gasteiger partial charge >= 0.3 is 11.9 Å². The van der Waals surface area contributed by atoms with Gasteiger partial charge in [0.05, 0.1) is 0 Å². The Labute approximate surface area is 98.3 Å². The zero-order valence-corrected chi connectivity index (χ0v) is 9.25. The third kappa shape index (κ3) is 5.36. The predicted octanol–water partition coefficient (Wildman–Crippen LogP) is 1.68. The summed E-state index contributed by atoms with van der Waals surface area (Å²) in [7, 11) is 0. The summed E-state index contributed by atoms with van der Waals surface area (Å²) in [6.45, 7) is 1.16. The fraction of sp³-hybridized carbons (Fsp3) is 0.167. The lowest BCUT2D eigenvalue weighted by atomic mass is 10.2. The quantitative estimate of drug-likeness (QED) is 0.478. The van der Waals surface area contributed by atoms with Crippen molar-refractivity contribution in [2.24, 2.45) is 0 Å². The number of carboxylic acids is 1. The second kappa shape index (κ2) is 6.32. The molecule has 90 valence electrons. The molecule has 0 aromatic heterocycles. The van der Waals surface area contributed by atoms with E-state index in [1.165, 1.54) is 13.0 Å². The first kappa shape index (κ1) is 12.8. The smallest absolute Gasteiger partial charge is 0.328 e. The SMILES string of the molecule is CC(=O)OCOc1ccc(/C=C/C(=O)O)cc1. The monoisotopic (exact) mass is 236 g/mol. The second-order valence-electron chi connectivity index (χ2n) is 3.14.